The fraction of sp³-hybridized carbons (Fsp3) is 0.684. The molecule has 21 heavy (non-hydrogen) atoms. The van der Waals surface area contributed by atoms with E-state index in [9.17, 15) is 0 Å². The van der Waals surface area contributed by atoms with Gasteiger partial charge in [0.25, 0.3) is 0 Å². The van der Waals surface area contributed by atoms with E-state index in [0.717, 1.165) is 6.54 Å². The van der Waals surface area contributed by atoms with Gasteiger partial charge < -0.3 is 5.32 Å². The minimum atomic E-state index is 1.16. The van der Waals surface area contributed by atoms with E-state index in [0.29, 0.717) is 0 Å². The predicted molar refractivity (Wildman–Crippen MR) is 91.7 cm³/mol. The summed E-state index contributed by atoms with van der Waals surface area (Å²) in [5.41, 5.74) is 3.13. The van der Waals surface area contributed by atoms with Crippen LogP contribution in [-0.4, -0.2) is 31.1 Å². The lowest BCUT2D eigenvalue weighted by Gasteiger charge is -2.20. The molecule has 0 unspecified atom stereocenters. The van der Waals surface area contributed by atoms with Gasteiger partial charge in [0.1, 0.15) is 0 Å². The van der Waals surface area contributed by atoms with Crippen molar-refractivity contribution < 1.29 is 0 Å². The fourth-order valence-corrected chi connectivity index (χ4v) is 3.20. The number of rotatable bonds is 9. The van der Waals surface area contributed by atoms with Crippen LogP contribution in [-0.2, 0) is 13.0 Å². The summed E-state index contributed by atoms with van der Waals surface area (Å²) in [4.78, 5) is 2.65. The van der Waals surface area contributed by atoms with Crippen molar-refractivity contribution in [2.75, 3.05) is 26.2 Å². The Balaban J connectivity index is 1.59. The molecule has 0 saturated carbocycles. The van der Waals surface area contributed by atoms with Gasteiger partial charge in [-0.2, -0.15) is 0 Å². The molecule has 0 fully saturated rings. The summed E-state index contributed by atoms with van der Waals surface area (Å²) in [5, 5.41) is 3.48. The number of unbranched alkanes of at least 4 members (excludes halogenated alkanes) is 3. The third-order valence-electron chi connectivity index (χ3n) is 4.44. The molecule has 1 aromatic carbocycles. The average molecular weight is 288 g/mol. The molecule has 0 saturated heterocycles. The molecule has 1 heterocycles. The molecular weight excluding hydrogens is 256 g/mol. The molecular formula is C19H32N2. The maximum absolute atomic E-state index is 3.48. The SMILES string of the molecule is CCCNCCCCCCN1CCCc2ccccc2C1. The van der Waals surface area contributed by atoms with Crippen molar-refractivity contribution in [2.45, 2.75) is 58.4 Å². The Morgan fingerprint density at radius 3 is 2.67 bits per heavy atom. The van der Waals surface area contributed by atoms with Gasteiger partial charge in [-0.1, -0.05) is 44.0 Å². The van der Waals surface area contributed by atoms with Crippen LogP contribution in [0.2, 0.25) is 0 Å². The number of nitrogens with one attached hydrogen (secondary N) is 1. The van der Waals surface area contributed by atoms with Crippen LogP contribution in [0, 0.1) is 0 Å². The third-order valence-corrected chi connectivity index (χ3v) is 4.44. The quantitative estimate of drug-likeness (QED) is 0.691. The number of aryl methyl sites for hydroxylation is 1. The molecule has 0 atom stereocenters. The largest absolute Gasteiger partial charge is 0.317 e. The minimum absolute atomic E-state index is 1.16. The maximum atomic E-state index is 3.48. The topological polar surface area (TPSA) is 15.3 Å². The molecule has 0 bridgehead atoms. The van der Waals surface area contributed by atoms with E-state index in [-0.39, 0.29) is 0 Å². The monoisotopic (exact) mass is 288 g/mol. The lowest BCUT2D eigenvalue weighted by Crippen LogP contribution is -2.24. The molecule has 2 nitrogen and oxygen atoms in total. The van der Waals surface area contributed by atoms with Crippen molar-refractivity contribution >= 4 is 0 Å². The molecule has 1 aromatic rings. The summed E-state index contributed by atoms with van der Waals surface area (Å²) in [6, 6.07) is 8.99. The molecule has 0 amide bonds. The van der Waals surface area contributed by atoms with E-state index in [1.54, 1.807) is 11.1 Å². The van der Waals surface area contributed by atoms with E-state index in [2.05, 4.69) is 41.4 Å². The summed E-state index contributed by atoms with van der Waals surface area (Å²) >= 11 is 0. The highest BCUT2D eigenvalue weighted by Gasteiger charge is 2.12. The Kier molecular flexibility index (Phi) is 7.83. The zero-order valence-electron chi connectivity index (χ0n) is 13.7. The van der Waals surface area contributed by atoms with Gasteiger partial charge in [0.15, 0.2) is 0 Å². The zero-order valence-corrected chi connectivity index (χ0v) is 13.7. The Morgan fingerprint density at radius 2 is 1.81 bits per heavy atom. The zero-order chi connectivity index (χ0) is 14.8. The van der Waals surface area contributed by atoms with Gasteiger partial charge in [0.2, 0.25) is 0 Å². The Hall–Kier alpha value is -0.860. The van der Waals surface area contributed by atoms with Crippen LogP contribution in [0.25, 0.3) is 0 Å². The Labute approximate surface area is 130 Å². The van der Waals surface area contributed by atoms with Crippen LogP contribution in [0.1, 0.15) is 56.6 Å². The van der Waals surface area contributed by atoms with Crippen LogP contribution >= 0.6 is 0 Å². The van der Waals surface area contributed by atoms with Gasteiger partial charge in [0.05, 0.1) is 0 Å². The summed E-state index contributed by atoms with van der Waals surface area (Å²) in [6.07, 6.45) is 9.27. The summed E-state index contributed by atoms with van der Waals surface area (Å²) in [5.74, 6) is 0. The van der Waals surface area contributed by atoms with Crippen LogP contribution in [0.5, 0.6) is 0 Å². The molecule has 1 N–H and O–H groups in total. The first kappa shape index (κ1) is 16.5. The Bertz CT molecular complexity index is 389. The molecule has 2 heteroatoms. The first-order chi connectivity index (χ1) is 10.4. The first-order valence-electron chi connectivity index (χ1n) is 8.90. The van der Waals surface area contributed by atoms with Crippen LogP contribution < -0.4 is 5.32 Å². The number of nitrogens with zero attached hydrogens (tertiary/aromatic N) is 1. The second kappa shape index (κ2) is 9.97. The minimum Gasteiger partial charge on any atom is -0.317 e. The van der Waals surface area contributed by atoms with Gasteiger partial charge in [0, 0.05) is 6.54 Å². The molecule has 0 spiro atoms. The number of fused-ring (bicyclic) bond motifs is 1. The lowest BCUT2D eigenvalue weighted by molar-refractivity contribution is 0.262. The molecule has 118 valence electrons. The van der Waals surface area contributed by atoms with Crippen molar-refractivity contribution in [2.24, 2.45) is 0 Å². The second-order valence-corrected chi connectivity index (χ2v) is 6.31. The highest BCUT2D eigenvalue weighted by molar-refractivity contribution is 5.27. The molecule has 0 aliphatic carbocycles. The van der Waals surface area contributed by atoms with Crippen molar-refractivity contribution in [1.82, 2.24) is 10.2 Å². The van der Waals surface area contributed by atoms with E-state index < -0.39 is 0 Å². The van der Waals surface area contributed by atoms with Crippen molar-refractivity contribution in [3.8, 4) is 0 Å². The summed E-state index contributed by atoms with van der Waals surface area (Å²) in [6.45, 7) is 8.31. The molecule has 2 rings (SSSR count). The number of hydrogen-bond donors (Lipinski definition) is 1. The van der Waals surface area contributed by atoms with E-state index >= 15 is 0 Å². The summed E-state index contributed by atoms with van der Waals surface area (Å²) < 4.78 is 0. The molecule has 1 aliphatic rings. The van der Waals surface area contributed by atoms with Crippen LogP contribution in [0.4, 0.5) is 0 Å². The normalized spacial score (nSPS) is 15.7. The van der Waals surface area contributed by atoms with Gasteiger partial charge in [-0.3, -0.25) is 4.90 Å². The van der Waals surface area contributed by atoms with E-state index in [4.69, 9.17) is 0 Å². The first-order valence-corrected chi connectivity index (χ1v) is 8.90. The number of benzene rings is 1. The molecule has 0 aromatic heterocycles. The second-order valence-electron chi connectivity index (χ2n) is 6.31. The van der Waals surface area contributed by atoms with Crippen LogP contribution in [0.3, 0.4) is 0 Å². The van der Waals surface area contributed by atoms with Gasteiger partial charge >= 0.3 is 0 Å². The van der Waals surface area contributed by atoms with E-state index in [1.807, 2.05) is 0 Å². The summed E-state index contributed by atoms with van der Waals surface area (Å²) in [7, 11) is 0. The fourth-order valence-electron chi connectivity index (χ4n) is 3.20. The van der Waals surface area contributed by atoms with Crippen LogP contribution in [0.15, 0.2) is 24.3 Å². The predicted octanol–water partition coefficient (Wildman–Crippen LogP) is 3.99. The molecule has 1 aliphatic heterocycles. The highest BCUT2D eigenvalue weighted by Crippen LogP contribution is 2.18. The van der Waals surface area contributed by atoms with Crippen molar-refractivity contribution in [3.63, 3.8) is 0 Å². The molecule has 0 radical (unpaired) electrons. The standard InChI is InChI=1S/C19H32N2/c1-2-13-20-14-7-3-4-8-15-21-16-9-12-18-10-5-6-11-19(18)17-21/h5-6,10-11,20H,2-4,7-9,12-17H2,1H3. The Morgan fingerprint density at radius 1 is 1.00 bits per heavy atom. The van der Waals surface area contributed by atoms with Crippen molar-refractivity contribution in [1.29, 1.82) is 0 Å². The maximum Gasteiger partial charge on any atom is 0.0236 e. The number of hydrogen-bond acceptors (Lipinski definition) is 2. The smallest absolute Gasteiger partial charge is 0.0236 e. The van der Waals surface area contributed by atoms with Gasteiger partial charge in [-0.25, -0.2) is 0 Å². The lowest BCUT2D eigenvalue weighted by atomic mass is 10.0. The van der Waals surface area contributed by atoms with Crippen molar-refractivity contribution in [3.05, 3.63) is 35.4 Å². The van der Waals surface area contributed by atoms with E-state index in [1.165, 1.54) is 71.1 Å². The average Bonchev–Trinajstić information content (AvgIpc) is 2.71. The third kappa shape index (κ3) is 6.19. The van der Waals surface area contributed by atoms with Gasteiger partial charge in [-0.15, -0.1) is 0 Å². The highest BCUT2D eigenvalue weighted by atomic mass is 15.1. The van der Waals surface area contributed by atoms with Gasteiger partial charge in [-0.05, 0) is 69.4 Å².